The average Bonchev–Trinajstić information content (AvgIpc) is 3.33. The molecule has 0 spiro atoms. The molecule has 0 aliphatic heterocycles. The van der Waals surface area contributed by atoms with Gasteiger partial charge in [-0.15, -0.1) is 0 Å². The van der Waals surface area contributed by atoms with Crippen LogP contribution in [-0.2, 0) is 28.6 Å². The highest BCUT2D eigenvalue weighted by atomic mass is 32.1. The zero-order valence-corrected chi connectivity index (χ0v) is 20.0. The topological polar surface area (TPSA) is 223 Å². The molecule has 1 aromatic carbocycles. The van der Waals surface area contributed by atoms with E-state index < -0.39 is 35.3 Å². The Balaban J connectivity index is 1.47. The lowest BCUT2D eigenvalue weighted by Gasteiger charge is -2.12. The van der Waals surface area contributed by atoms with Crippen molar-refractivity contribution in [2.45, 2.75) is 6.04 Å². The van der Waals surface area contributed by atoms with Gasteiger partial charge < -0.3 is 35.9 Å². The smallest absolute Gasteiger partial charge is 0.300 e. The van der Waals surface area contributed by atoms with E-state index in [-0.39, 0.29) is 42.2 Å². The monoisotopic (exact) mass is 529 g/mol. The third-order valence-electron chi connectivity index (χ3n) is 4.42. The molecule has 0 bridgehead atoms. The van der Waals surface area contributed by atoms with Crippen molar-refractivity contribution < 1.29 is 38.1 Å². The number of ether oxygens (including phenoxy) is 3. The Labute approximate surface area is 210 Å². The number of fused-ring (bicyclic) bond motifs is 1. The molecule has 1 aromatic heterocycles. The highest BCUT2D eigenvalue weighted by Gasteiger charge is 2.19. The van der Waals surface area contributed by atoms with Crippen molar-refractivity contribution in [3.8, 4) is 0 Å². The number of carbonyl (C=O) groups is 3. The lowest BCUT2D eigenvalue weighted by molar-refractivity contribution is -0.383. The third kappa shape index (κ3) is 9.61. The molecule has 0 saturated heterocycles. The van der Waals surface area contributed by atoms with Crippen molar-refractivity contribution in [1.82, 2.24) is 20.9 Å². The summed E-state index contributed by atoms with van der Waals surface area (Å²) in [6.07, 6.45) is 0. The lowest BCUT2D eigenvalue weighted by atomic mass is 10.2. The Bertz CT molecular complexity index is 1040. The number of nitrogens with one attached hydrogen (secondary N) is 3. The van der Waals surface area contributed by atoms with Crippen molar-refractivity contribution in [2.24, 2.45) is 5.73 Å². The molecule has 0 saturated carbocycles. The zero-order valence-electron chi connectivity index (χ0n) is 19.1. The van der Waals surface area contributed by atoms with Crippen LogP contribution in [0.15, 0.2) is 16.8 Å². The van der Waals surface area contributed by atoms with Crippen LogP contribution in [0.5, 0.6) is 0 Å². The van der Waals surface area contributed by atoms with Crippen LogP contribution in [-0.4, -0.2) is 97.5 Å². The van der Waals surface area contributed by atoms with E-state index in [9.17, 15) is 24.5 Å². The highest BCUT2D eigenvalue weighted by Crippen LogP contribution is 2.28. The minimum Gasteiger partial charge on any atom is -0.381 e. The maximum absolute atomic E-state index is 11.7. The molecular formula is C19H27N7O9S. The number of aromatic nitrogens is 2. The van der Waals surface area contributed by atoms with Gasteiger partial charge in [0.2, 0.25) is 23.2 Å². The third-order valence-corrected chi connectivity index (χ3v) is 4.79. The van der Waals surface area contributed by atoms with Crippen LogP contribution in [0.4, 0.5) is 11.4 Å². The number of nitro groups is 1. The van der Waals surface area contributed by atoms with E-state index in [4.69, 9.17) is 19.9 Å². The summed E-state index contributed by atoms with van der Waals surface area (Å²) in [5.74, 6) is -1.68. The van der Waals surface area contributed by atoms with Crippen LogP contribution in [0.1, 0.15) is 0 Å². The molecule has 2 aromatic rings. The van der Waals surface area contributed by atoms with Gasteiger partial charge in [-0.1, -0.05) is 0 Å². The van der Waals surface area contributed by atoms with Crippen molar-refractivity contribution >= 4 is 52.8 Å². The lowest BCUT2D eigenvalue weighted by Crippen LogP contribution is -2.47. The minimum atomic E-state index is -0.909. The molecular weight excluding hydrogens is 502 g/mol. The maximum Gasteiger partial charge on any atom is 0.300 e. The Morgan fingerprint density at radius 2 is 1.69 bits per heavy atom. The predicted octanol–water partition coefficient (Wildman–Crippen LogP) is -1.39. The number of non-ortho nitro benzene ring substituents is 1. The van der Waals surface area contributed by atoms with Crippen molar-refractivity contribution in [2.75, 3.05) is 63.8 Å². The fraction of sp³-hybridized carbons (Fsp3) is 0.526. The van der Waals surface area contributed by atoms with Gasteiger partial charge in [-0.2, -0.15) is 12.6 Å². The fourth-order valence-corrected chi connectivity index (χ4v) is 2.99. The molecule has 0 radical (unpaired) electrons. The number of hydrogen-bond donors (Lipinski definition) is 5. The number of amides is 3. The zero-order chi connectivity index (χ0) is 26.3. The normalized spacial score (nSPS) is 11.7. The molecule has 1 atom stereocenters. The van der Waals surface area contributed by atoms with Crippen LogP contribution >= 0.6 is 12.6 Å². The molecule has 0 aliphatic carbocycles. The second-order valence-corrected chi connectivity index (χ2v) is 7.42. The number of hydrogen-bond acceptors (Lipinski definition) is 13. The summed E-state index contributed by atoms with van der Waals surface area (Å²) >= 11 is 3.90. The summed E-state index contributed by atoms with van der Waals surface area (Å²) in [6, 6.07) is 1.93. The SMILES string of the molecule is NC(=O)C(CS)NC(=O)COCC(=O)NCCOCCOCCNc1ccc([N+](=O)[O-])c2nonc12. The average molecular weight is 530 g/mol. The second-order valence-electron chi connectivity index (χ2n) is 7.05. The molecule has 1 unspecified atom stereocenters. The molecule has 2 rings (SSSR count). The Morgan fingerprint density at radius 1 is 1.03 bits per heavy atom. The number of thiol groups is 1. The van der Waals surface area contributed by atoms with E-state index in [2.05, 4.69) is 43.5 Å². The van der Waals surface area contributed by atoms with Crippen molar-refractivity contribution in [3.05, 3.63) is 22.2 Å². The Hall–Kier alpha value is -3.54. The van der Waals surface area contributed by atoms with E-state index in [1.807, 2.05) is 0 Å². The summed E-state index contributed by atoms with van der Waals surface area (Å²) in [5.41, 5.74) is 5.74. The first kappa shape index (κ1) is 28.7. The molecule has 3 amide bonds. The first-order valence-corrected chi connectivity index (χ1v) is 11.3. The van der Waals surface area contributed by atoms with Crippen LogP contribution in [0, 0.1) is 10.1 Å². The minimum absolute atomic E-state index is 0.0521. The van der Waals surface area contributed by atoms with Gasteiger partial charge in [-0.3, -0.25) is 24.5 Å². The highest BCUT2D eigenvalue weighted by molar-refractivity contribution is 7.80. The largest absolute Gasteiger partial charge is 0.381 e. The van der Waals surface area contributed by atoms with Gasteiger partial charge in [0.15, 0.2) is 5.52 Å². The van der Waals surface area contributed by atoms with Gasteiger partial charge in [0, 0.05) is 24.9 Å². The van der Waals surface area contributed by atoms with Crippen molar-refractivity contribution in [1.29, 1.82) is 0 Å². The first-order chi connectivity index (χ1) is 17.3. The molecule has 1 heterocycles. The number of nitro benzene ring substituents is 1. The molecule has 0 aliphatic rings. The fourth-order valence-electron chi connectivity index (χ4n) is 2.72. The summed E-state index contributed by atoms with van der Waals surface area (Å²) in [6.45, 7) is 1.10. The predicted molar refractivity (Wildman–Crippen MR) is 127 cm³/mol. The Kier molecular flexibility index (Phi) is 12.3. The maximum atomic E-state index is 11.7. The van der Waals surface area contributed by atoms with Gasteiger partial charge in [0.25, 0.3) is 0 Å². The van der Waals surface area contributed by atoms with E-state index >= 15 is 0 Å². The first-order valence-electron chi connectivity index (χ1n) is 10.7. The van der Waals surface area contributed by atoms with Gasteiger partial charge in [-0.05, 0) is 16.4 Å². The molecule has 198 valence electrons. The van der Waals surface area contributed by atoms with Crippen LogP contribution in [0.3, 0.4) is 0 Å². The number of rotatable bonds is 18. The molecule has 36 heavy (non-hydrogen) atoms. The summed E-state index contributed by atoms with van der Waals surface area (Å²) in [5, 5.41) is 26.2. The molecule has 17 heteroatoms. The second kappa shape index (κ2) is 15.5. The number of nitrogens with zero attached hydrogens (tertiary/aromatic N) is 3. The number of primary amides is 1. The summed E-state index contributed by atoms with van der Waals surface area (Å²) in [4.78, 5) is 44.7. The van der Waals surface area contributed by atoms with E-state index in [1.54, 1.807) is 0 Å². The number of nitrogens with two attached hydrogens (primary N) is 1. The Morgan fingerprint density at radius 3 is 2.36 bits per heavy atom. The summed E-state index contributed by atoms with van der Waals surface area (Å²) < 4.78 is 20.3. The van der Waals surface area contributed by atoms with E-state index in [0.717, 1.165) is 0 Å². The standard InChI is InChI=1S/C19H27N7O9S/c20-19(29)13(11-36)23-16(28)10-34-9-15(27)22-4-6-33-8-7-32-5-3-21-12-1-2-14(26(30)31)18-17(12)24-35-25-18/h1-2,13,21,36H,3-11H2,(H2,20,29)(H,22,27)(H,23,28). The van der Waals surface area contributed by atoms with Gasteiger partial charge in [0.05, 0.1) is 37.0 Å². The molecule has 5 N–H and O–H groups in total. The number of benzene rings is 1. The molecule has 0 fully saturated rings. The van der Waals surface area contributed by atoms with Crippen LogP contribution < -0.4 is 21.7 Å². The van der Waals surface area contributed by atoms with E-state index in [1.165, 1.54) is 12.1 Å². The molecule has 16 nitrogen and oxygen atoms in total. The van der Waals surface area contributed by atoms with Crippen molar-refractivity contribution in [3.63, 3.8) is 0 Å². The van der Waals surface area contributed by atoms with Gasteiger partial charge in [0.1, 0.15) is 19.3 Å². The number of anilines is 1. The number of carbonyl (C=O) groups excluding carboxylic acids is 3. The van der Waals surface area contributed by atoms with Crippen LogP contribution in [0.25, 0.3) is 11.0 Å². The quantitative estimate of drug-likeness (QED) is 0.0651. The van der Waals surface area contributed by atoms with E-state index in [0.29, 0.717) is 32.1 Å². The van der Waals surface area contributed by atoms with Crippen LogP contribution in [0.2, 0.25) is 0 Å². The summed E-state index contributed by atoms with van der Waals surface area (Å²) in [7, 11) is 0. The van der Waals surface area contributed by atoms with Gasteiger partial charge in [-0.25, -0.2) is 4.63 Å². The van der Waals surface area contributed by atoms with Gasteiger partial charge >= 0.3 is 5.69 Å².